The van der Waals surface area contributed by atoms with Crippen LogP contribution in [0.2, 0.25) is 0 Å². The fourth-order valence-electron chi connectivity index (χ4n) is 3.00. The lowest BCUT2D eigenvalue weighted by atomic mass is 9.96. The van der Waals surface area contributed by atoms with Gasteiger partial charge in [-0.05, 0) is 50.8 Å². The van der Waals surface area contributed by atoms with Crippen molar-refractivity contribution < 1.29 is 9.84 Å². The first-order chi connectivity index (χ1) is 9.95. The van der Waals surface area contributed by atoms with Crippen LogP contribution in [0, 0.1) is 20.8 Å². The van der Waals surface area contributed by atoms with Crippen LogP contribution in [0.4, 0.5) is 0 Å². The maximum absolute atomic E-state index is 10.4. The molecular weight excluding hydrogens is 260 g/mol. The molecule has 0 aliphatic carbocycles. The number of rotatable bonds is 9. The first-order valence-corrected chi connectivity index (χ1v) is 8.33. The van der Waals surface area contributed by atoms with Gasteiger partial charge >= 0.3 is 0 Å². The Balaban J connectivity index is 2.45. The third kappa shape index (κ3) is 6.19. The van der Waals surface area contributed by atoms with Gasteiger partial charge in [-0.2, -0.15) is 0 Å². The van der Waals surface area contributed by atoms with Gasteiger partial charge in [0, 0.05) is 0 Å². The zero-order chi connectivity index (χ0) is 15.8. The molecule has 2 unspecified atom stereocenters. The Hall–Kier alpha value is -0.860. The first kappa shape index (κ1) is 18.2. The number of unbranched alkanes of at least 4 members (excludes halogenated alkanes) is 3. The summed E-state index contributed by atoms with van der Waals surface area (Å²) in [7, 11) is 0. The summed E-state index contributed by atoms with van der Waals surface area (Å²) in [6.45, 7) is 10.9. The molecule has 0 aromatic heterocycles. The maximum atomic E-state index is 10.4. The normalized spacial score (nSPS) is 14.2. The number of hydrogen-bond donors (Lipinski definition) is 1. The Morgan fingerprint density at radius 2 is 1.67 bits per heavy atom. The molecule has 1 N–H and O–H groups in total. The minimum Gasteiger partial charge on any atom is -0.386 e. The van der Waals surface area contributed by atoms with Crippen LogP contribution < -0.4 is 0 Å². The van der Waals surface area contributed by atoms with E-state index in [9.17, 15) is 5.11 Å². The van der Waals surface area contributed by atoms with Gasteiger partial charge < -0.3 is 9.84 Å². The molecule has 2 atom stereocenters. The highest BCUT2D eigenvalue weighted by Gasteiger charge is 2.15. The molecule has 21 heavy (non-hydrogen) atoms. The zero-order valence-corrected chi connectivity index (χ0v) is 14.4. The fraction of sp³-hybridized carbons (Fsp3) is 0.684. The lowest BCUT2D eigenvalue weighted by Crippen LogP contribution is -2.16. The molecule has 120 valence electrons. The van der Waals surface area contributed by atoms with Crippen molar-refractivity contribution in [3.05, 3.63) is 34.4 Å². The zero-order valence-electron chi connectivity index (χ0n) is 14.4. The van der Waals surface area contributed by atoms with Crippen molar-refractivity contribution in [1.82, 2.24) is 0 Å². The number of aliphatic hydroxyl groups excluding tert-OH is 1. The Morgan fingerprint density at radius 3 is 2.24 bits per heavy atom. The highest BCUT2D eigenvalue weighted by Crippen LogP contribution is 2.24. The van der Waals surface area contributed by atoms with Gasteiger partial charge in [0.1, 0.15) is 6.10 Å². The Kier molecular flexibility index (Phi) is 7.98. The average molecular weight is 292 g/mol. The summed E-state index contributed by atoms with van der Waals surface area (Å²) in [5.41, 5.74) is 4.57. The van der Waals surface area contributed by atoms with Crippen LogP contribution in [0.15, 0.2) is 12.1 Å². The van der Waals surface area contributed by atoms with Crippen LogP contribution in [0.3, 0.4) is 0 Å². The highest BCUT2D eigenvalue weighted by atomic mass is 16.5. The van der Waals surface area contributed by atoms with E-state index in [2.05, 4.69) is 46.8 Å². The molecule has 0 fully saturated rings. The lowest BCUT2D eigenvalue weighted by molar-refractivity contribution is -0.00693. The second-order valence-electron chi connectivity index (χ2n) is 6.32. The van der Waals surface area contributed by atoms with Crippen molar-refractivity contribution in [1.29, 1.82) is 0 Å². The Labute approximate surface area is 130 Å². The van der Waals surface area contributed by atoms with Crippen LogP contribution in [0.1, 0.15) is 74.3 Å². The van der Waals surface area contributed by atoms with E-state index in [-0.39, 0.29) is 6.10 Å². The molecule has 0 radical (unpaired) electrons. The molecule has 0 saturated heterocycles. The summed E-state index contributed by atoms with van der Waals surface area (Å²) in [6, 6.07) is 4.25. The van der Waals surface area contributed by atoms with Gasteiger partial charge in [-0.1, -0.05) is 50.3 Å². The highest BCUT2D eigenvalue weighted by molar-refractivity contribution is 5.38. The predicted octanol–water partition coefficient (Wildman–Crippen LogP) is 5.02. The largest absolute Gasteiger partial charge is 0.386 e. The van der Waals surface area contributed by atoms with E-state index in [1.165, 1.54) is 31.2 Å². The van der Waals surface area contributed by atoms with Crippen molar-refractivity contribution in [2.75, 3.05) is 6.61 Å². The first-order valence-electron chi connectivity index (χ1n) is 8.33. The maximum Gasteiger partial charge on any atom is 0.103 e. The molecule has 2 nitrogen and oxygen atoms in total. The van der Waals surface area contributed by atoms with E-state index < -0.39 is 6.10 Å². The predicted molar refractivity (Wildman–Crippen MR) is 89.8 cm³/mol. The van der Waals surface area contributed by atoms with Crippen molar-refractivity contribution in [3.63, 3.8) is 0 Å². The van der Waals surface area contributed by atoms with Crippen LogP contribution >= 0.6 is 0 Å². The topological polar surface area (TPSA) is 29.5 Å². The second-order valence-corrected chi connectivity index (χ2v) is 6.32. The third-order valence-corrected chi connectivity index (χ3v) is 4.07. The molecule has 0 saturated carbocycles. The van der Waals surface area contributed by atoms with E-state index in [1.807, 2.05) is 0 Å². The van der Waals surface area contributed by atoms with Crippen molar-refractivity contribution >= 4 is 0 Å². The van der Waals surface area contributed by atoms with Crippen molar-refractivity contribution in [3.8, 4) is 0 Å². The smallest absolute Gasteiger partial charge is 0.103 e. The number of aliphatic hydroxyl groups is 1. The minimum absolute atomic E-state index is 0.225. The summed E-state index contributed by atoms with van der Waals surface area (Å²) >= 11 is 0. The van der Waals surface area contributed by atoms with Crippen LogP contribution in [0.5, 0.6) is 0 Å². The number of ether oxygens (including phenoxy) is 1. The lowest BCUT2D eigenvalue weighted by Gasteiger charge is -2.20. The standard InChI is InChI=1S/C19H32O2/c1-6-7-8-9-10-17(5)21-13-18(20)19-15(3)11-14(2)12-16(19)4/h11-12,17-18,20H,6-10,13H2,1-5H3. The molecule has 0 amide bonds. The molecule has 1 aromatic rings. The van der Waals surface area contributed by atoms with Gasteiger partial charge in [0.2, 0.25) is 0 Å². The van der Waals surface area contributed by atoms with Gasteiger partial charge in [0.05, 0.1) is 12.7 Å². The van der Waals surface area contributed by atoms with E-state index in [4.69, 9.17) is 4.74 Å². The van der Waals surface area contributed by atoms with Crippen LogP contribution in [-0.4, -0.2) is 17.8 Å². The molecule has 0 spiro atoms. The molecule has 0 heterocycles. The SMILES string of the molecule is CCCCCCC(C)OCC(O)c1c(C)cc(C)cc1C. The average Bonchev–Trinajstić information content (AvgIpc) is 2.40. The second kappa shape index (κ2) is 9.22. The van der Waals surface area contributed by atoms with Crippen LogP contribution in [-0.2, 0) is 4.74 Å². The van der Waals surface area contributed by atoms with E-state index >= 15 is 0 Å². The molecule has 1 rings (SSSR count). The number of aryl methyl sites for hydroxylation is 3. The summed E-state index contributed by atoms with van der Waals surface area (Å²) in [4.78, 5) is 0. The monoisotopic (exact) mass is 292 g/mol. The summed E-state index contributed by atoms with van der Waals surface area (Å²) in [5.74, 6) is 0. The number of benzene rings is 1. The van der Waals surface area contributed by atoms with Gasteiger partial charge in [0.15, 0.2) is 0 Å². The Bertz CT molecular complexity index is 403. The van der Waals surface area contributed by atoms with Crippen LogP contribution in [0.25, 0.3) is 0 Å². The molecule has 1 aromatic carbocycles. The number of hydrogen-bond acceptors (Lipinski definition) is 2. The fourth-order valence-corrected chi connectivity index (χ4v) is 3.00. The molecule has 0 aliphatic heterocycles. The molecule has 0 bridgehead atoms. The third-order valence-electron chi connectivity index (χ3n) is 4.07. The van der Waals surface area contributed by atoms with Crippen molar-refractivity contribution in [2.24, 2.45) is 0 Å². The quantitative estimate of drug-likeness (QED) is 0.647. The Morgan fingerprint density at radius 1 is 1.05 bits per heavy atom. The van der Waals surface area contributed by atoms with Crippen molar-refractivity contribution in [2.45, 2.75) is 78.9 Å². The molecular formula is C19H32O2. The summed E-state index contributed by atoms with van der Waals surface area (Å²) in [6.07, 6.45) is 5.85. The van der Waals surface area contributed by atoms with E-state index in [0.29, 0.717) is 6.61 Å². The van der Waals surface area contributed by atoms with Gasteiger partial charge in [-0.25, -0.2) is 0 Å². The minimum atomic E-state index is -0.524. The van der Waals surface area contributed by atoms with E-state index in [1.54, 1.807) is 0 Å². The van der Waals surface area contributed by atoms with Gasteiger partial charge in [0.25, 0.3) is 0 Å². The van der Waals surface area contributed by atoms with Gasteiger partial charge in [-0.3, -0.25) is 0 Å². The molecule has 0 aliphatic rings. The van der Waals surface area contributed by atoms with E-state index in [0.717, 1.165) is 23.1 Å². The summed E-state index contributed by atoms with van der Waals surface area (Å²) in [5, 5.41) is 10.4. The molecule has 2 heteroatoms. The summed E-state index contributed by atoms with van der Waals surface area (Å²) < 4.78 is 5.83. The van der Waals surface area contributed by atoms with Gasteiger partial charge in [-0.15, -0.1) is 0 Å².